The lowest BCUT2D eigenvalue weighted by Crippen LogP contribution is -2.38. The third-order valence-corrected chi connectivity index (χ3v) is 3.31. The second kappa shape index (κ2) is 7.67. The zero-order valence-electron chi connectivity index (χ0n) is 13.3. The minimum atomic E-state index is -0.369. The lowest BCUT2D eigenvalue weighted by atomic mass is 10.0. The van der Waals surface area contributed by atoms with Gasteiger partial charge in [0, 0.05) is 32.5 Å². The number of amides is 1. The van der Waals surface area contributed by atoms with Crippen LogP contribution in [0.3, 0.4) is 0 Å². The number of likely N-dealkylation sites (N-methyl/N-ethyl adjacent to an activating group) is 1. The van der Waals surface area contributed by atoms with Gasteiger partial charge in [-0.1, -0.05) is 6.07 Å². The smallest absolute Gasteiger partial charge is 0.308 e. The Morgan fingerprint density at radius 1 is 1.29 bits per heavy atom. The Hall–Kier alpha value is -2.04. The topological polar surface area (TPSA) is 55.8 Å². The van der Waals surface area contributed by atoms with E-state index in [1.54, 1.807) is 31.1 Å². The number of esters is 1. The minimum Gasteiger partial charge on any atom is -0.496 e. The van der Waals surface area contributed by atoms with Gasteiger partial charge in [0.05, 0.1) is 7.11 Å². The lowest BCUT2D eigenvalue weighted by molar-refractivity contribution is -0.132. The highest BCUT2D eigenvalue weighted by atomic mass is 16.5. The maximum Gasteiger partial charge on any atom is 0.308 e. The molecular formula is C16H23NO4. The molecule has 0 aliphatic rings. The largest absolute Gasteiger partial charge is 0.496 e. The molecule has 0 aliphatic heterocycles. The van der Waals surface area contributed by atoms with Crippen molar-refractivity contribution in [2.24, 2.45) is 0 Å². The predicted molar refractivity (Wildman–Crippen MR) is 80.5 cm³/mol. The molecule has 0 radical (unpaired) electrons. The van der Waals surface area contributed by atoms with Crippen LogP contribution in [0.4, 0.5) is 0 Å². The number of rotatable bonds is 6. The molecule has 21 heavy (non-hydrogen) atoms. The molecule has 1 rings (SSSR count). The Morgan fingerprint density at radius 3 is 2.43 bits per heavy atom. The molecule has 5 heteroatoms. The number of ether oxygens (including phenoxy) is 2. The molecule has 1 unspecified atom stereocenters. The van der Waals surface area contributed by atoms with Crippen molar-refractivity contribution in [1.82, 2.24) is 4.90 Å². The SMILES string of the molecule is CCN(C(C)=O)C(C)Cc1ccc(OC(C)=O)cc1OC. The van der Waals surface area contributed by atoms with E-state index >= 15 is 0 Å². The van der Waals surface area contributed by atoms with E-state index in [1.807, 2.05) is 19.9 Å². The van der Waals surface area contributed by atoms with E-state index in [4.69, 9.17) is 9.47 Å². The maximum absolute atomic E-state index is 11.6. The fourth-order valence-corrected chi connectivity index (χ4v) is 2.40. The Bertz CT molecular complexity index is 513. The summed E-state index contributed by atoms with van der Waals surface area (Å²) in [5.74, 6) is 0.794. The molecule has 0 heterocycles. The molecule has 1 aromatic rings. The van der Waals surface area contributed by atoms with Crippen LogP contribution in [0, 0.1) is 0 Å². The van der Waals surface area contributed by atoms with E-state index < -0.39 is 0 Å². The van der Waals surface area contributed by atoms with Gasteiger partial charge in [0.15, 0.2) is 0 Å². The van der Waals surface area contributed by atoms with Gasteiger partial charge in [0.25, 0.3) is 0 Å². The number of hydrogen-bond donors (Lipinski definition) is 0. The van der Waals surface area contributed by atoms with E-state index in [-0.39, 0.29) is 17.9 Å². The number of hydrogen-bond acceptors (Lipinski definition) is 4. The molecule has 0 fully saturated rings. The van der Waals surface area contributed by atoms with Gasteiger partial charge >= 0.3 is 5.97 Å². The summed E-state index contributed by atoms with van der Waals surface area (Å²) in [6.45, 7) is 7.56. The van der Waals surface area contributed by atoms with E-state index in [1.165, 1.54) is 6.92 Å². The second-order valence-corrected chi connectivity index (χ2v) is 4.93. The van der Waals surface area contributed by atoms with Gasteiger partial charge in [0.2, 0.25) is 5.91 Å². The third kappa shape index (κ3) is 4.77. The summed E-state index contributed by atoms with van der Waals surface area (Å²) in [7, 11) is 1.57. The van der Waals surface area contributed by atoms with E-state index in [9.17, 15) is 9.59 Å². The van der Waals surface area contributed by atoms with Crippen LogP contribution >= 0.6 is 0 Å². The van der Waals surface area contributed by atoms with Gasteiger partial charge in [0.1, 0.15) is 11.5 Å². The van der Waals surface area contributed by atoms with Gasteiger partial charge in [-0.05, 0) is 31.9 Å². The van der Waals surface area contributed by atoms with Crippen LogP contribution in [-0.4, -0.2) is 36.5 Å². The molecule has 116 valence electrons. The summed E-state index contributed by atoms with van der Waals surface area (Å²) >= 11 is 0. The predicted octanol–water partition coefficient (Wildman–Crippen LogP) is 2.42. The van der Waals surface area contributed by atoms with Crippen LogP contribution in [0.15, 0.2) is 18.2 Å². The van der Waals surface area contributed by atoms with Crippen molar-refractivity contribution in [3.63, 3.8) is 0 Å². The first-order chi connectivity index (χ1) is 9.88. The molecule has 0 aliphatic carbocycles. The summed E-state index contributed by atoms with van der Waals surface area (Å²) in [4.78, 5) is 24.4. The monoisotopic (exact) mass is 293 g/mol. The van der Waals surface area contributed by atoms with Gasteiger partial charge in [-0.15, -0.1) is 0 Å². The van der Waals surface area contributed by atoms with Crippen LogP contribution in [0.1, 0.15) is 33.3 Å². The van der Waals surface area contributed by atoms with E-state index in [2.05, 4.69) is 0 Å². The van der Waals surface area contributed by atoms with Crippen LogP contribution in [-0.2, 0) is 16.0 Å². The zero-order chi connectivity index (χ0) is 16.0. The fraction of sp³-hybridized carbons (Fsp3) is 0.500. The standard InChI is InChI=1S/C16H23NO4/c1-6-17(12(3)18)11(2)9-14-7-8-15(21-13(4)19)10-16(14)20-5/h7-8,10-11H,6,9H2,1-5H3. The molecule has 0 spiro atoms. The zero-order valence-corrected chi connectivity index (χ0v) is 13.3. The molecule has 1 amide bonds. The number of methoxy groups -OCH3 is 1. The highest BCUT2D eigenvalue weighted by Gasteiger charge is 2.17. The van der Waals surface area contributed by atoms with Crippen LogP contribution in [0.25, 0.3) is 0 Å². The molecular weight excluding hydrogens is 270 g/mol. The maximum atomic E-state index is 11.6. The lowest BCUT2D eigenvalue weighted by Gasteiger charge is -2.27. The summed E-state index contributed by atoms with van der Waals surface area (Å²) < 4.78 is 10.4. The summed E-state index contributed by atoms with van der Waals surface area (Å²) in [6.07, 6.45) is 0.678. The second-order valence-electron chi connectivity index (χ2n) is 4.93. The first-order valence-electron chi connectivity index (χ1n) is 7.01. The molecule has 0 saturated heterocycles. The fourth-order valence-electron chi connectivity index (χ4n) is 2.40. The van der Waals surface area contributed by atoms with Crippen LogP contribution in [0.5, 0.6) is 11.5 Å². The highest BCUT2D eigenvalue weighted by molar-refractivity contribution is 5.73. The quantitative estimate of drug-likeness (QED) is 0.597. The molecule has 5 nitrogen and oxygen atoms in total. The summed E-state index contributed by atoms with van der Waals surface area (Å²) in [5, 5.41) is 0. The summed E-state index contributed by atoms with van der Waals surface area (Å²) in [6, 6.07) is 5.35. The number of benzene rings is 1. The average molecular weight is 293 g/mol. The Balaban J connectivity index is 2.92. The highest BCUT2D eigenvalue weighted by Crippen LogP contribution is 2.26. The van der Waals surface area contributed by atoms with Crippen molar-refractivity contribution in [2.75, 3.05) is 13.7 Å². The van der Waals surface area contributed by atoms with Crippen LogP contribution < -0.4 is 9.47 Å². The molecule has 1 aromatic carbocycles. The Labute approximate surface area is 125 Å². The number of nitrogens with zero attached hydrogens (tertiary/aromatic N) is 1. The number of carbonyl (C=O) groups is 2. The molecule has 1 atom stereocenters. The van der Waals surface area contributed by atoms with E-state index in [0.717, 1.165) is 5.56 Å². The van der Waals surface area contributed by atoms with E-state index in [0.29, 0.717) is 24.5 Å². The van der Waals surface area contributed by atoms with Gasteiger partial charge in [-0.25, -0.2) is 0 Å². The van der Waals surface area contributed by atoms with Gasteiger partial charge in [-0.2, -0.15) is 0 Å². The van der Waals surface area contributed by atoms with Crippen molar-refractivity contribution in [2.45, 2.75) is 40.2 Å². The molecule has 0 aromatic heterocycles. The molecule has 0 N–H and O–H groups in total. The normalized spacial score (nSPS) is 11.7. The first kappa shape index (κ1) is 17.0. The molecule has 0 bridgehead atoms. The summed E-state index contributed by atoms with van der Waals surface area (Å²) in [5.41, 5.74) is 0.973. The van der Waals surface area contributed by atoms with Crippen LogP contribution in [0.2, 0.25) is 0 Å². The van der Waals surface area contributed by atoms with Crippen molar-refractivity contribution in [3.8, 4) is 11.5 Å². The number of carbonyl (C=O) groups excluding carboxylic acids is 2. The van der Waals surface area contributed by atoms with Crippen molar-refractivity contribution in [3.05, 3.63) is 23.8 Å². The Kier molecular flexibility index (Phi) is 6.21. The third-order valence-electron chi connectivity index (χ3n) is 3.31. The Morgan fingerprint density at radius 2 is 1.95 bits per heavy atom. The average Bonchev–Trinajstić information content (AvgIpc) is 2.40. The van der Waals surface area contributed by atoms with Crippen molar-refractivity contribution < 1.29 is 19.1 Å². The first-order valence-corrected chi connectivity index (χ1v) is 7.01. The van der Waals surface area contributed by atoms with Crippen molar-refractivity contribution >= 4 is 11.9 Å². The molecule has 0 saturated carbocycles. The van der Waals surface area contributed by atoms with Crippen molar-refractivity contribution in [1.29, 1.82) is 0 Å². The minimum absolute atomic E-state index is 0.0560. The van der Waals surface area contributed by atoms with Gasteiger partial charge < -0.3 is 14.4 Å². The van der Waals surface area contributed by atoms with Gasteiger partial charge in [-0.3, -0.25) is 9.59 Å².